The molecule has 1 heterocycles. The molecular weight excluding hydrogens is 227 g/mol. The molecule has 1 unspecified atom stereocenters. The molecule has 0 radical (unpaired) electrons. The fourth-order valence-corrected chi connectivity index (χ4v) is 2.41. The summed E-state index contributed by atoms with van der Waals surface area (Å²) in [6.07, 6.45) is 1.25. The molecule has 0 saturated carbocycles. The second-order valence-corrected chi connectivity index (χ2v) is 5.28. The third-order valence-electron chi connectivity index (χ3n) is 3.83. The second-order valence-electron chi connectivity index (χ2n) is 5.28. The van der Waals surface area contributed by atoms with Crippen LogP contribution in [0.5, 0.6) is 0 Å². The molecule has 1 atom stereocenters. The van der Waals surface area contributed by atoms with E-state index in [4.69, 9.17) is 0 Å². The van der Waals surface area contributed by atoms with Gasteiger partial charge in [0.25, 0.3) is 0 Å². The lowest BCUT2D eigenvalue weighted by Gasteiger charge is -2.37. The zero-order valence-corrected chi connectivity index (χ0v) is 11.4. The molecule has 100 valence electrons. The summed E-state index contributed by atoms with van der Waals surface area (Å²) in [5, 5.41) is 0. The lowest BCUT2D eigenvalue weighted by molar-refractivity contribution is 0.222. The van der Waals surface area contributed by atoms with Crippen molar-refractivity contribution in [3.8, 4) is 0 Å². The normalized spacial score (nSPS) is 18.9. The molecule has 2 nitrogen and oxygen atoms in total. The first-order valence-electron chi connectivity index (χ1n) is 6.92. The van der Waals surface area contributed by atoms with Gasteiger partial charge in [-0.3, -0.25) is 4.90 Å². The Morgan fingerprint density at radius 3 is 2.28 bits per heavy atom. The minimum atomic E-state index is -0.158. The minimum absolute atomic E-state index is 0.158. The van der Waals surface area contributed by atoms with Crippen LogP contribution >= 0.6 is 0 Å². The Hall–Kier alpha value is -1.09. The molecule has 0 spiro atoms. The number of benzene rings is 1. The van der Waals surface area contributed by atoms with Crippen LogP contribution in [-0.4, -0.2) is 37.6 Å². The summed E-state index contributed by atoms with van der Waals surface area (Å²) in [6.45, 7) is 10.1. The van der Waals surface area contributed by atoms with Gasteiger partial charge in [-0.1, -0.05) is 20.3 Å². The van der Waals surface area contributed by atoms with Crippen LogP contribution in [0.15, 0.2) is 24.3 Å². The summed E-state index contributed by atoms with van der Waals surface area (Å²) in [6, 6.07) is 6.83. The van der Waals surface area contributed by atoms with Gasteiger partial charge in [-0.05, 0) is 30.2 Å². The lowest BCUT2D eigenvalue weighted by atomic mass is 10.1. The Morgan fingerprint density at radius 1 is 1.11 bits per heavy atom. The Balaban J connectivity index is 1.84. The number of nitrogens with zero attached hydrogens (tertiary/aromatic N) is 2. The van der Waals surface area contributed by atoms with Crippen molar-refractivity contribution in [3.05, 3.63) is 30.1 Å². The van der Waals surface area contributed by atoms with Crippen LogP contribution < -0.4 is 4.90 Å². The van der Waals surface area contributed by atoms with Gasteiger partial charge in [-0.25, -0.2) is 4.39 Å². The average molecular weight is 250 g/mol. The highest BCUT2D eigenvalue weighted by Gasteiger charge is 2.18. The first-order valence-corrected chi connectivity index (χ1v) is 6.92. The molecule has 0 aromatic heterocycles. The van der Waals surface area contributed by atoms with E-state index >= 15 is 0 Å². The van der Waals surface area contributed by atoms with Crippen molar-refractivity contribution in [1.29, 1.82) is 0 Å². The molecule has 1 saturated heterocycles. The summed E-state index contributed by atoms with van der Waals surface area (Å²) in [5.74, 6) is 0.622. The molecule has 1 aromatic rings. The largest absolute Gasteiger partial charge is 0.369 e. The topological polar surface area (TPSA) is 6.48 Å². The third-order valence-corrected chi connectivity index (χ3v) is 3.83. The number of anilines is 1. The number of hydrogen-bond donors (Lipinski definition) is 0. The predicted molar refractivity (Wildman–Crippen MR) is 74.5 cm³/mol. The number of rotatable bonds is 4. The highest BCUT2D eigenvalue weighted by atomic mass is 19.1. The van der Waals surface area contributed by atoms with E-state index in [0.29, 0.717) is 0 Å². The summed E-state index contributed by atoms with van der Waals surface area (Å²) in [7, 11) is 0. The number of hydrogen-bond acceptors (Lipinski definition) is 2. The molecular formula is C15H23FN2. The van der Waals surface area contributed by atoms with E-state index in [9.17, 15) is 4.39 Å². The molecule has 1 fully saturated rings. The number of halogens is 1. The summed E-state index contributed by atoms with van der Waals surface area (Å²) >= 11 is 0. The SMILES string of the molecule is CCC(C)CN1CCN(c2ccc(F)cc2)CC1. The van der Waals surface area contributed by atoms with Crippen LogP contribution in [0.1, 0.15) is 20.3 Å². The molecule has 0 N–H and O–H groups in total. The molecule has 2 rings (SSSR count). The van der Waals surface area contributed by atoms with E-state index in [1.807, 2.05) is 12.1 Å². The summed E-state index contributed by atoms with van der Waals surface area (Å²) in [4.78, 5) is 4.88. The smallest absolute Gasteiger partial charge is 0.123 e. The quantitative estimate of drug-likeness (QED) is 0.810. The Morgan fingerprint density at radius 2 is 1.72 bits per heavy atom. The molecule has 0 aliphatic carbocycles. The highest BCUT2D eigenvalue weighted by Crippen LogP contribution is 2.17. The Labute approximate surface area is 109 Å². The van der Waals surface area contributed by atoms with Crippen LogP contribution in [0.2, 0.25) is 0 Å². The van der Waals surface area contributed by atoms with Crippen molar-refractivity contribution in [2.24, 2.45) is 5.92 Å². The van der Waals surface area contributed by atoms with Gasteiger partial charge in [0.15, 0.2) is 0 Å². The summed E-state index contributed by atoms with van der Waals surface area (Å²) < 4.78 is 12.9. The fraction of sp³-hybridized carbons (Fsp3) is 0.600. The van der Waals surface area contributed by atoms with Crippen LogP contribution in [0.25, 0.3) is 0 Å². The predicted octanol–water partition coefficient (Wildman–Crippen LogP) is 2.99. The standard InChI is InChI=1S/C15H23FN2/c1-3-13(2)12-17-8-10-18(11-9-17)15-6-4-14(16)5-7-15/h4-7,13H,3,8-12H2,1-2H3. The Kier molecular flexibility index (Phi) is 4.59. The Bertz CT molecular complexity index is 355. The molecule has 3 heteroatoms. The maximum Gasteiger partial charge on any atom is 0.123 e. The maximum absolute atomic E-state index is 12.9. The van der Waals surface area contributed by atoms with E-state index in [0.717, 1.165) is 37.8 Å². The first-order chi connectivity index (χ1) is 8.69. The average Bonchev–Trinajstić information content (AvgIpc) is 2.40. The van der Waals surface area contributed by atoms with Crippen molar-refractivity contribution in [1.82, 2.24) is 4.90 Å². The molecule has 1 aliphatic rings. The minimum Gasteiger partial charge on any atom is -0.369 e. The monoisotopic (exact) mass is 250 g/mol. The zero-order valence-electron chi connectivity index (χ0n) is 11.4. The van der Waals surface area contributed by atoms with Gasteiger partial charge in [0.1, 0.15) is 5.82 Å². The second kappa shape index (κ2) is 6.19. The van der Waals surface area contributed by atoms with Crippen LogP contribution in [-0.2, 0) is 0 Å². The van der Waals surface area contributed by atoms with Crippen molar-refractivity contribution in [2.45, 2.75) is 20.3 Å². The first kappa shape index (κ1) is 13.3. The molecule has 1 aliphatic heterocycles. The lowest BCUT2D eigenvalue weighted by Crippen LogP contribution is -2.47. The van der Waals surface area contributed by atoms with Crippen molar-refractivity contribution in [2.75, 3.05) is 37.6 Å². The molecule has 0 bridgehead atoms. The van der Waals surface area contributed by atoms with E-state index in [2.05, 4.69) is 23.6 Å². The third kappa shape index (κ3) is 3.45. The van der Waals surface area contributed by atoms with Gasteiger partial charge >= 0.3 is 0 Å². The van der Waals surface area contributed by atoms with Crippen molar-refractivity contribution < 1.29 is 4.39 Å². The highest BCUT2D eigenvalue weighted by molar-refractivity contribution is 5.46. The van der Waals surface area contributed by atoms with Crippen molar-refractivity contribution >= 4 is 5.69 Å². The van der Waals surface area contributed by atoms with E-state index in [-0.39, 0.29) is 5.82 Å². The van der Waals surface area contributed by atoms with Gasteiger partial charge in [-0.15, -0.1) is 0 Å². The van der Waals surface area contributed by atoms with Crippen LogP contribution in [0, 0.1) is 11.7 Å². The van der Waals surface area contributed by atoms with Crippen molar-refractivity contribution in [3.63, 3.8) is 0 Å². The van der Waals surface area contributed by atoms with Gasteiger partial charge in [0, 0.05) is 38.4 Å². The number of piperazine rings is 1. The van der Waals surface area contributed by atoms with Crippen LogP contribution in [0.3, 0.4) is 0 Å². The van der Waals surface area contributed by atoms with E-state index in [1.54, 1.807) is 12.1 Å². The molecule has 18 heavy (non-hydrogen) atoms. The molecule has 0 amide bonds. The van der Waals surface area contributed by atoms with Gasteiger partial charge < -0.3 is 4.90 Å². The van der Waals surface area contributed by atoms with Gasteiger partial charge in [-0.2, -0.15) is 0 Å². The zero-order chi connectivity index (χ0) is 13.0. The maximum atomic E-state index is 12.9. The van der Waals surface area contributed by atoms with Crippen LogP contribution in [0.4, 0.5) is 10.1 Å². The van der Waals surface area contributed by atoms with E-state index < -0.39 is 0 Å². The van der Waals surface area contributed by atoms with Gasteiger partial charge in [0.2, 0.25) is 0 Å². The summed E-state index contributed by atoms with van der Waals surface area (Å²) in [5.41, 5.74) is 1.14. The van der Waals surface area contributed by atoms with Gasteiger partial charge in [0.05, 0.1) is 0 Å². The molecule has 1 aromatic carbocycles. The fourth-order valence-electron chi connectivity index (χ4n) is 2.41. The van der Waals surface area contributed by atoms with E-state index in [1.165, 1.54) is 13.0 Å².